The molecule has 0 unspecified atom stereocenters. The van der Waals surface area contributed by atoms with E-state index in [9.17, 15) is 29.4 Å². The van der Waals surface area contributed by atoms with Crippen LogP contribution in [0.15, 0.2) is 49.6 Å². The number of hydrogen-bond donors (Lipinski definition) is 2. The van der Waals surface area contributed by atoms with Crippen molar-refractivity contribution >= 4 is 23.9 Å². The molecule has 0 amide bonds. The van der Waals surface area contributed by atoms with Gasteiger partial charge in [0.15, 0.2) is 46.8 Å². The van der Waals surface area contributed by atoms with Crippen LogP contribution in [-0.4, -0.2) is 119 Å². The first-order chi connectivity index (χ1) is 30.0. The molecule has 8 atom stereocenters. The van der Waals surface area contributed by atoms with Crippen LogP contribution in [0.4, 0.5) is 9.59 Å². The van der Waals surface area contributed by atoms with E-state index in [1.165, 1.54) is 0 Å². The summed E-state index contributed by atoms with van der Waals surface area (Å²) >= 11 is 0. The van der Waals surface area contributed by atoms with Gasteiger partial charge < -0.3 is 38.6 Å². The number of likely N-dealkylation sites (tertiary alicyclic amines) is 2. The van der Waals surface area contributed by atoms with Crippen molar-refractivity contribution in [2.45, 2.75) is 123 Å². The van der Waals surface area contributed by atoms with Crippen molar-refractivity contribution in [1.82, 2.24) is 9.80 Å². The van der Waals surface area contributed by atoms with Crippen LogP contribution >= 0.6 is 0 Å². The molecule has 62 heavy (non-hydrogen) atoms. The Morgan fingerprint density at radius 3 is 1.50 bits per heavy atom. The highest BCUT2D eigenvalue weighted by Gasteiger charge is 2.74. The second-order valence-corrected chi connectivity index (χ2v) is 19.3. The van der Waals surface area contributed by atoms with Crippen LogP contribution in [0.5, 0.6) is 23.0 Å². The third-order valence-corrected chi connectivity index (χ3v) is 16.7. The van der Waals surface area contributed by atoms with Crippen LogP contribution in [0.25, 0.3) is 0 Å². The molecule has 4 heterocycles. The van der Waals surface area contributed by atoms with Crippen molar-refractivity contribution in [3.63, 3.8) is 0 Å². The molecule has 2 N–H and O–H groups in total. The van der Waals surface area contributed by atoms with Gasteiger partial charge in [0.2, 0.25) is 0 Å². The van der Waals surface area contributed by atoms with E-state index in [-0.39, 0.29) is 73.0 Å². The third kappa shape index (κ3) is 5.41. The number of carbonyl (C=O) groups excluding carboxylic acids is 4. The van der Waals surface area contributed by atoms with Crippen molar-refractivity contribution in [3.05, 3.63) is 71.8 Å². The van der Waals surface area contributed by atoms with Crippen molar-refractivity contribution in [3.8, 4) is 23.0 Å². The van der Waals surface area contributed by atoms with Gasteiger partial charge in [-0.2, -0.15) is 0 Å². The summed E-state index contributed by atoms with van der Waals surface area (Å²) in [7, 11) is 0. The van der Waals surface area contributed by atoms with Gasteiger partial charge in [0.05, 0.1) is 35.2 Å². The molecular formula is C48H54N2O12. The van der Waals surface area contributed by atoms with E-state index < -0.39 is 46.6 Å². The standard InChI is InChI=1S/C48H54N2O12/c1-3-19-49-21-17-45-37-29-9-11-33(39(37)61-41(45)31(51)13-15-47(45,55)35(49)23-29)59-43(53)57-25-27-5-7-28(8-6-27)26-58-44(54)60-34-12-10-30-24-36-48(56)16-14-32(52)42-46(48,38(30)40(34)62-42)18-22-50(36)20-4-2/h3-4,9-12,27-28,35-36,41-42,55-56H,1-2,5-8,13-26H2/t27?,28?,35-,36-,41+,42+,45+,46+,47-,48-/m1/s1. The van der Waals surface area contributed by atoms with E-state index in [1.54, 1.807) is 12.1 Å². The van der Waals surface area contributed by atoms with E-state index in [0.717, 1.165) is 47.9 Å². The molecular weight excluding hydrogens is 797 g/mol. The average Bonchev–Trinajstić information content (AvgIpc) is 3.81. The van der Waals surface area contributed by atoms with Crippen molar-refractivity contribution in [1.29, 1.82) is 0 Å². The van der Waals surface area contributed by atoms with Crippen LogP contribution < -0.4 is 18.9 Å². The topological polar surface area (TPSA) is 171 Å². The van der Waals surface area contributed by atoms with Gasteiger partial charge in [-0.3, -0.25) is 19.4 Å². The number of ketones is 2. The summed E-state index contributed by atoms with van der Waals surface area (Å²) < 4.78 is 35.6. The van der Waals surface area contributed by atoms with Crippen LogP contribution in [0.3, 0.4) is 0 Å². The first-order valence-electron chi connectivity index (χ1n) is 22.5. The number of carbonyl (C=O) groups is 4. The van der Waals surface area contributed by atoms with Crippen molar-refractivity contribution in [2.24, 2.45) is 11.8 Å². The number of ether oxygens (including phenoxy) is 6. The normalized spacial score (nSPS) is 36.9. The molecule has 2 saturated heterocycles. The lowest BCUT2D eigenvalue weighted by atomic mass is 9.49. The predicted octanol–water partition coefficient (Wildman–Crippen LogP) is 5.04. The fourth-order valence-electron chi connectivity index (χ4n) is 13.9. The van der Waals surface area contributed by atoms with E-state index in [4.69, 9.17) is 28.4 Å². The number of nitrogens with zero attached hydrogens (tertiary/aromatic N) is 2. The maximum Gasteiger partial charge on any atom is 0.513 e. The molecule has 2 aromatic carbocycles. The molecule has 0 aromatic heterocycles. The lowest BCUT2D eigenvalue weighted by molar-refractivity contribution is -0.187. The number of Topliss-reactive ketones (excluding diaryl/α,β-unsaturated/α-hetero) is 2. The van der Waals surface area contributed by atoms with Gasteiger partial charge in [0.25, 0.3) is 0 Å². The number of hydrogen-bond acceptors (Lipinski definition) is 14. The molecule has 9 aliphatic rings. The summed E-state index contributed by atoms with van der Waals surface area (Å²) in [6.45, 7) is 10.8. The Morgan fingerprint density at radius 2 is 1.10 bits per heavy atom. The van der Waals surface area contributed by atoms with Gasteiger partial charge in [0.1, 0.15) is 0 Å². The fourth-order valence-corrected chi connectivity index (χ4v) is 13.9. The minimum atomic E-state index is -1.16. The molecule has 4 bridgehead atoms. The highest BCUT2D eigenvalue weighted by molar-refractivity contribution is 5.91. The summed E-state index contributed by atoms with van der Waals surface area (Å²) in [5.41, 5.74) is -0.541. The van der Waals surface area contributed by atoms with E-state index >= 15 is 0 Å². The zero-order valence-corrected chi connectivity index (χ0v) is 34.9. The van der Waals surface area contributed by atoms with Crippen molar-refractivity contribution in [2.75, 3.05) is 39.4 Å². The van der Waals surface area contributed by atoms with Gasteiger partial charge in [-0.25, -0.2) is 9.59 Å². The summed E-state index contributed by atoms with van der Waals surface area (Å²) in [5.74, 6) is 1.19. The quantitative estimate of drug-likeness (QED) is 0.185. The fraction of sp³-hybridized carbons (Fsp3) is 0.583. The molecule has 3 saturated carbocycles. The van der Waals surface area contributed by atoms with Crippen LogP contribution in [0.2, 0.25) is 0 Å². The van der Waals surface area contributed by atoms with Gasteiger partial charge >= 0.3 is 12.3 Å². The lowest BCUT2D eigenvalue weighted by Crippen LogP contribution is -2.76. The first-order valence-corrected chi connectivity index (χ1v) is 22.5. The Balaban J connectivity index is 0.694. The Morgan fingerprint density at radius 1 is 0.677 bits per heavy atom. The van der Waals surface area contributed by atoms with Crippen LogP contribution in [0.1, 0.15) is 86.5 Å². The molecule has 4 aliphatic heterocycles. The second-order valence-electron chi connectivity index (χ2n) is 19.3. The number of aliphatic hydroxyl groups is 2. The van der Waals surface area contributed by atoms with Gasteiger partial charge in [-0.15, -0.1) is 13.2 Å². The maximum absolute atomic E-state index is 13.4. The first kappa shape index (κ1) is 40.0. The smallest absolute Gasteiger partial charge is 0.477 e. The minimum Gasteiger partial charge on any atom is -0.477 e. The summed E-state index contributed by atoms with van der Waals surface area (Å²) in [5, 5.41) is 24.8. The maximum atomic E-state index is 13.4. The Bertz CT molecular complexity index is 2130. The highest BCUT2D eigenvalue weighted by Crippen LogP contribution is 2.66. The summed E-state index contributed by atoms with van der Waals surface area (Å²) in [4.78, 5) is 57.5. The summed E-state index contributed by atoms with van der Waals surface area (Å²) in [6, 6.07) is 6.88. The lowest BCUT2D eigenvalue weighted by Gasteiger charge is -2.62. The molecule has 14 heteroatoms. The van der Waals surface area contributed by atoms with E-state index in [1.807, 2.05) is 24.3 Å². The molecule has 5 aliphatic carbocycles. The second kappa shape index (κ2) is 14.4. The van der Waals surface area contributed by atoms with Gasteiger partial charge in [0, 0.05) is 62.2 Å². The molecule has 14 nitrogen and oxygen atoms in total. The Kier molecular flexibility index (Phi) is 9.29. The van der Waals surface area contributed by atoms with E-state index in [0.29, 0.717) is 76.2 Å². The SMILES string of the molecule is C=CCN1CC[C@]23c4c5ccc(OC(=O)OCC6CCC(COC(=O)Oc7ccc8c9c7O[C@H]7C(=O)CC[C@@]%10(O)[C@@H](C8)N(CC=C)CC[C@]97%10)CC6)c4O[C@H]2C(=O)CC[C@@]3(O)[C@H]1C5. The van der Waals surface area contributed by atoms with Gasteiger partial charge in [-0.1, -0.05) is 24.3 Å². The molecule has 2 aromatic rings. The molecule has 0 radical (unpaired) electrons. The zero-order chi connectivity index (χ0) is 42.8. The third-order valence-electron chi connectivity index (χ3n) is 16.7. The average molecular weight is 851 g/mol. The molecule has 2 spiro atoms. The highest BCUT2D eigenvalue weighted by atomic mass is 16.7. The van der Waals surface area contributed by atoms with Crippen LogP contribution in [0, 0.1) is 11.8 Å². The van der Waals surface area contributed by atoms with Gasteiger partial charge in [-0.05, 0) is 99.3 Å². The summed E-state index contributed by atoms with van der Waals surface area (Å²) in [6.07, 6.45) is 6.77. The Labute approximate surface area is 360 Å². The number of benzene rings is 2. The number of rotatable bonds is 10. The zero-order valence-electron chi connectivity index (χ0n) is 34.9. The van der Waals surface area contributed by atoms with Crippen molar-refractivity contribution < 1.29 is 57.8 Å². The predicted molar refractivity (Wildman–Crippen MR) is 221 cm³/mol. The molecule has 11 rings (SSSR count). The van der Waals surface area contributed by atoms with Crippen LogP contribution in [-0.2, 0) is 42.7 Å². The minimum absolute atomic E-state index is 0.0438. The molecule has 5 fully saturated rings. The molecule has 328 valence electrons. The monoisotopic (exact) mass is 850 g/mol. The van der Waals surface area contributed by atoms with E-state index in [2.05, 4.69) is 23.0 Å². The Hall–Kier alpha value is -4.76. The largest absolute Gasteiger partial charge is 0.513 e. The number of piperidine rings is 2.